The molecule has 3 aromatic rings. The maximum absolute atomic E-state index is 6.18. The molecule has 0 bridgehead atoms. The van der Waals surface area contributed by atoms with E-state index in [9.17, 15) is 0 Å². The minimum Gasteiger partial charge on any atom is -0.373 e. The molecule has 0 spiro atoms. The normalized spacial score (nSPS) is 18.3. The number of aryl methyl sites for hydroxylation is 3. The summed E-state index contributed by atoms with van der Waals surface area (Å²) in [6.07, 6.45) is 2.36. The Balaban J connectivity index is 0.00000324. The molecule has 0 saturated carbocycles. The van der Waals surface area contributed by atoms with E-state index in [-0.39, 0.29) is 30.1 Å². The lowest BCUT2D eigenvalue weighted by atomic mass is 9.89. The van der Waals surface area contributed by atoms with Crippen molar-refractivity contribution in [3.63, 3.8) is 0 Å². The first-order valence-corrected chi connectivity index (χ1v) is 11.8. The molecule has 6 nitrogen and oxygen atoms in total. The summed E-state index contributed by atoms with van der Waals surface area (Å²) in [5.74, 6) is 1.20. The second-order valence-electron chi connectivity index (χ2n) is 8.88. The van der Waals surface area contributed by atoms with Gasteiger partial charge in [-0.05, 0) is 56.9 Å². The summed E-state index contributed by atoms with van der Waals surface area (Å²) in [5.41, 5.74) is 6.94. The molecular weight excluding hydrogens is 537 g/mol. The lowest BCUT2D eigenvalue weighted by molar-refractivity contribution is -0.0265. The molecule has 1 aliphatic rings. The third-order valence-corrected chi connectivity index (χ3v) is 6.28. The molecule has 0 radical (unpaired) electrons. The molecule has 7 heteroatoms. The first kappa shape index (κ1) is 26.2. The Hall–Kier alpha value is -2.39. The molecule has 1 fully saturated rings. The molecule has 2 aromatic carbocycles. The third-order valence-electron chi connectivity index (χ3n) is 6.28. The maximum atomic E-state index is 6.18. The minimum absolute atomic E-state index is 0. The fourth-order valence-corrected chi connectivity index (χ4v) is 4.54. The van der Waals surface area contributed by atoms with Gasteiger partial charge in [0.05, 0.1) is 17.5 Å². The number of guanidine groups is 1. The van der Waals surface area contributed by atoms with Gasteiger partial charge >= 0.3 is 0 Å². The van der Waals surface area contributed by atoms with Gasteiger partial charge in [0.2, 0.25) is 0 Å². The van der Waals surface area contributed by atoms with Gasteiger partial charge < -0.3 is 15.4 Å². The molecule has 182 valence electrons. The van der Waals surface area contributed by atoms with Crippen LogP contribution in [0.2, 0.25) is 0 Å². The van der Waals surface area contributed by atoms with Crippen LogP contribution in [0.4, 0.5) is 0 Å². The average Bonchev–Trinajstić information content (AvgIpc) is 3.18. The number of nitrogens with zero attached hydrogens (tertiary/aromatic N) is 3. The maximum Gasteiger partial charge on any atom is 0.191 e. The van der Waals surface area contributed by atoms with E-state index < -0.39 is 0 Å². The summed E-state index contributed by atoms with van der Waals surface area (Å²) >= 11 is 0. The summed E-state index contributed by atoms with van der Waals surface area (Å²) in [5, 5.41) is 11.7. The predicted octanol–water partition coefficient (Wildman–Crippen LogP) is 5.25. The fraction of sp³-hybridized carbons (Fsp3) is 0.407. The van der Waals surface area contributed by atoms with Crippen LogP contribution in [-0.4, -0.2) is 35.9 Å². The average molecular weight is 574 g/mol. The predicted molar refractivity (Wildman–Crippen MR) is 149 cm³/mol. The molecule has 0 aliphatic carbocycles. The van der Waals surface area contributed by atoms with Crippen LogP contribution < -0.4 is 10.6 Å². The van der Waals surface area contributed by atoms with Crippen molar-refractivity contribution in [2.75, 3.05) is 20.2 Å². The number of halogens is 1. The van der Waals surface area contributed by atoms with Crippen molar-refractivity contribution in [1.82, 2.24) is 20.4 Å². The van der Waals surface area contributed by atoms with Crippen molar-refractivity contribution in [2.24, 2.45) is 10.9 Å². The summed E-state index contributed by atoms with van der Waals surface area (Å²) in [4.78, 5) is 4.45. The van der Waals surface area contributed by atoms with Gasteiger partial charge in [-0.25, -0.2) is 4.68 Å². The van der Waals surface area contributed by atoms with E-state index in [0.29, 0.717) is 12.5 Å². The van der Waals surface area contributed by atoms with Crippen LogP contribution in [0, 0.1) is 26.7 Å². The van der Waals surface area contributed by atoms with E-state index in [1.165, 1.54) is 16.7 Å². The number of nitrogens with one attached hydrogen (secondary N) is 2. The van der Waals surface area contributed by atoms with Gasteiger partial charge in [-0.1, -0.05) is 48.0 Å². The number of hydrogen-bond donors (Lipinski definition) is 2. The standard InChI is InChI=1S/C27H35N5O.HI/c1-19-11-13-22(14-12-19)26-24(9-7-15-33-26)18-30-27(28-4)29-17-23-8-5-6-10-25(23)32-21(3)16-20(2)31-32;/h5-6,8,10-14,16,24,26H,7,9,15,17-18H2,1-4H3,(H2,28,29,30);1H. The second-order valence-corrected chi connectivity index (χ2v) is 8.88. The molecule has 4 rings (SSSR count). The number of para-hydroxylation sites is 1. The highest BCUT2D eigenvalue weighted by Crippen LogP contribution is 2.33. The molecule has 2 N–H and O–H groups in total. The van der Waals surface area contributed by atoms with Crippen LogP contribution in [0.15, 0.2) is 59.6 Å². The Labute approximate surface area is 220 Å². The van der Waals surface area contributed by atoms with Crippen molar-refractivity contribution < 1.29 is 4.74 Å². The van der Waals surface area contributed by atoms with Gasteiger partial charge in [0.25, 0.3) is 0 Å². The van der Waals surface area contributed by atoms with Gasteiger partial charge in [0, 0.05) is 38.4 Å². The zero-order chi connectivity index (χ0) is 23.2. The van der Waals surface area contributed by atoms with Gasteiger partial charge in [0.1, 0.15) is 0 Å². The lowest BCUT2D eigenvalue weighted by Gasteiger charge is -2.32. The number of ether oxygens (including phenoxy) is 1. The van der Waals surface area contributed by atoms with Crippen molar-refractivity contribution in [2.45, 2.75) is 46.3 Å². The Morgan fingerprint density at radius 1 is 1.09 bits per heavy atom. The molecular formula is C27H36IN5O. The van der Waals surface area contributed by atoms with Crippen LogP contribution in [0.25, 0.3) is 5.69 Å². The summed E-state index contributed by atoms with van der Waals surface area (Å²) < 4.78 is 8.19. The van der Waals surface area contributed by atoms with E-state index >= 15 is 0 Å². The van der Waals surface area contributed by atoms with Crippen LogP contribution in [0.1, 0.15) is 47.0 Å². The first-order valence-electron chi connectivity index (χ1n) is 11.8. The first-order chi connectivity index (χ1) is 16.0. The molecule has 1 aromatic heterocycles. The van der Waals surface area contributed by atoms with E-state index in [1.807, 2.05) is 18.7 Å². The Bertz CT molecular complexity index is 1090. The van der Waals surface area contributed by atoms with Gasteiger partial charge in [-0.2, -0.15) is 5.10 Å². The number of aromatic nitrogens is 2. The second kappa shape index (κ2) is 12.4. The van der Waals surface area contributed by atoms with Gasteiger partial charge in [-0.15, -0.1) is 24.0 Å². The highest BCUT2D eigenvalue weighted by Gasteiger charge is 2.27. The SMILES string of the molecule is CN=C(NCc1ccccc1-n1nc(C)cc1C)NCC1CCCOC1c1ccc(C)cc1.I. The Kier molecular flexibility index (Phi) is 9.53. The van der Waals surface area contributed by atoms with E-state index in [2.05, 4.69) is 89.2 Å². The number of benzene rings is 2. The zero-order valence-corrected chi connectivity index (χ0v) is 22.9. The smallest absolute Gasteiger partial charge is 0.191 e. The molecule has 2 heterocycles. The van der Waals surface area contributed by atoms with Crippen molar-refractivity contribution in [1.29, 1.82) is 0 Å². The van der Waals surface area contributed by atoms with Crippen LogP contribution in [-0.2, 0) is 11.3 Å². The van der Waals surface area contributed by atoms with Crippen LogP contribution in [0.5, 0.6) is 0 Å². The van der Waals surface area contributed by atoms with Crippen LogP contribution in [0.3, 0.4) is 0 Å². The highest BCUT2D eigenvalue weighted by atomic mass is 127. The molecule has 2 unspecified atom stereocenters. The minimum atomic E-state index is 0. The largest absolute Gasteiger partial charge is 0.373 e. The molecule has 34 heavy (non-hydrogen) atoms. The summed E-state index contributed by atoms with van der Waals surface area (Å²) in [6.45, 7) is 8.53. The van der Waals surface area contributed by atoms with Crippen molar-refractivity contribution in [3.05, 3.63) is 82.7 Å². The quantitative estimate of drug-likeness (QED) is 0.240. The Morgan fingerprint density at radius 2 is 1.85 bits per heavy atom. The monoisotopic (exact) mass is 573 g/mol. The number of rotatable bonds is 6. The number of hydrogen-bond acceptors (Lipinski definition) is 3. The van der Waals surface area contributed by atoms with Crippen molar-refractivity contribution >= 4 is 29.9 Å². The highest BCUT2D eigenvalue weighted by molar-refractivity contribution is 14.0. The van der Waals surface area contributed by atoms with E-state index in [0.717, 1.165) is 49.0 Å². The topological polar surface area (TPSA) is 63.5 Å². The van der Waals surface area contributed by atoms with Crippen molar-refractivity contribution in [3.8, 4) is 5.69 Å². The molecule has 0 amide bonds. The van der Waals surface area contributed by atoms with E-state index in [4.69, 9.17) is 4.74 Å². The third kappa shape index (κ3) is 6.39. The number of aliphatic imine (C=N–C) groups is 1. The molecule has 2 atom stereocenters. The summed E-state index contributed by atoms with van der Waals surface area (Å²) in [6, 6.07) is 19.2. The van der Waals surface area contributed by atoms with E-state index in [1.54, 1.807) is 0 Å². The zero-order valence-electron chi connectivity index (χ0n) is 20.5. The Morgan fingerprint density at radius 3 is 2.56 bits per heavy atom. The fourth-order valence-electron chi connectivity index (χ4n) is 4.54. The van der Waals surface area contributed by atoms with Crippen LogP contribution >= 0.6 is 24.0 Å². The van der Waals surface area contributed by atoms with Gasteiger partial charge in [-0.3, -0.25) is 4.99 Å². The lowest BCUT2D eigenvalue weighted by Crippen LogP contribution is -2.41. The summed E-state index contributed by atoms with van der Waals surface area (Å²) in [7, 11) is 1.82. The van der Waals surface area contributed by atoms with Gasteiger partial charge in [0.15, 0.2) is 5.96 Å². The molecule has 1 saturated heterocycles. The molecule has 1 aliphatic heterocycles.